The number of carboxylic acids is 1. The van der Waals surface area contributed by atoms with Crippen molar-refractivity contribution in [3.05, 3.63) is 34.9 Å². The summed E-state index contributed by atoms with van der Waals surface area (Å²) in [5, 5.41) is 8.94. The van der Waals surface area contributed by atoms with E-state index in [1.54, 1.807) is 13.0 Å². The minimum absolute atomic E-state index is 0.0227. The molecule has 0 saturated heterocycles. The number of carbonyl (C=O) groups is 2. The van der Waals surface area contributed by atoms with Crippen LogP contribution in [0.25, 0.3) is 6.08 Å². The van der Waals surface area contributed by atoms with Crippen molar-refractivity contribution < 1.29 is 19.4 Å². The summed E-state index contributed by atoms with van der Waals surface area (Å²) in [6, 6.07) is 3.17. The maximum atomic E-state index is 10.9. The molecule has 1 aromatic carbocycles. The van der Waals surface area contributed by atoms with Gasteiger partial charge in [0.15, 0.2) is 0 Å². The normalized spacial score (nSPS) is 10.5. The number of carbonyl (C=O) groups excluding carboxylic acids is 1. The number of nitrogen functional groups attached to an aromatic ring is 1. The number of aromatic carboxylic acids is 1. The van der Waals surface area contributed by atoms with E-state index in [9.17, 15) is 9.59 Å². The summed E-state index contributed by atoms with van der Waals surface area (Å²) in [7, 11) is 1.26. The Balaban J connectivity index is 3.21. The van der Waals surface area contributed by atoms with Gasteiger partial charge in [0, 0.05) is 6.08 Å². The molecule has 0 aliphatic rings. The van der Waals surface area contributed by atoms with Gasteiger partial charge < -0.3 is 15.6 Å². The number of aryl methyl sites for hydroxylation is 1. The highest BCUT2D eigenvalue weighted by Gasteiger charge is 2.11. The minimum atomic E-state index is -1.10. The van der Waals surface area contributed by atoms with Gasteiger partial charge in [-0.2, -0.15) is 0 Å². The molecule has 0 saturated carbocycles. The van der Waals surface area contributed by atoms with E-state index in [-0.39, 0.29) is 11.3 Å². The molecule has 0 aromatic heterocycles. The highest BCUT2D eigenvalue weighted by molar-refractivity contribution is 5.97. The molecule has 0 bridgehead atoms. The lowest BCUT2D eigenvalue weighted by Gasteiger charge is -2.06. The van der Waals surface area contributed by atoms with E-state index in [1.165, 1.54) is 25.3 Å². The van der Waals surface area contributed by atoms with Crippen LogP contribution in [0.4, 0.5) is 5.69 Å². The molecule has 17 heavy (non-hydrogen) atoms. The lowest BCUT2D eigenvalue weighted by atomic mass is 10.0. The molecule has 5 heteroatoms. The zero-order valence-corrected chi connectivity index (χ0v) is 9.56. The van der Waals surface area contributed by atoms with Gasteiger partial charge in [-0.1, -0.05) is 0 Å². The summed E-state index contributed by atoms with van der Waals surface area (Å²) in [4.78, 5) is 21.9. The fourth-order valence-electron chi connectivity index (χ4n) is 1.37. The Morgan fingerprint density at radius 1 is 1.41 bits per heavy atom. The van der Waals surface area contributed by atoms with Gasteiger partial charge in [0.05, 0.1) is 18.4 Å². The van der Waals surface area contributed by atoms with Gasteiger partial charge in [0.2, 0.25) is 0 Å². The summed E-state index contributed by atoms with van der Waals surface area (Å²) in [6.07, 6.45) is 2.62. The first-order valence-corrected chi connectivity index (χ1v) is 4.85. The molecule has 90 valence electrons. The minimum Gasteiger partial charge on any atom is -0.478 e. The van der Waals surface area contributed by atoms with Crippen LogP contribution in [0.5, 0.6) is 0 Å². The van der Waals surface area contributed by atoms with Gasteiger partial charge in [0.1, 0.15) is 0 Å². The maximum Gasteiger partial charge on any atom is 0.337 e. The summed E-state index contributed by atoms with van der Waals surface area (Å²) in [5.41, 5.74) is 7.08. The molecule has 1 rings (SSSR count). The third kappa shape index (κ3) is 3.07. The van der Waals surface area contributed by atoms with Crippen molar-refractivity contribution in [2.75, 3.05) is 12.8 Å². The quantitative estimate of drug-likeness (QED) is 0.470. The molecule has 0 spiro atoms. The SMILES string of the molecule is COC(=O)C=Cc1cc(C)cc(C(=O)O)c1N. The lowest BCUT2D eigenvalue weighted by Crippen LogP contribution is -2.05. The first kappa shape index (κ1) is 12.8. The van der Waals surface area contributed by atoms with E-state index >= 15 is 0 Å². The highest BCUT2D eigenvalue weighted by Crippen LogP contribution is 2.21. The van der Waals surface area contributed by atoms with E-state index in [2.05, 4.69) is 4.74 Å². The molecule has 0 fully saturated rings. The average molecular weight is 235 g/mol. The Morgan fingerprint density at radius 2 is 2.06 bits per heavy atom. The summed E-state index contributed by atoms with van der Waals surface area (Å²) in [5.74, 6) is -1.62. The van der Waals surface area contributed by atoms with Gasteiger partial charge in [-0.25, -0.2) is 9.59 Å². The number of esters is 1. The number of benzene rings is 1. The Labute approximate surface area is 98.5 Å². The average Bonchev–Trinajstić information content (AvgIpc) is 2.28. The topological polar surface area (TPSA) is 89.6 Å². The molecule has 0 aliphatic carbocycles. The van der Waals surface area contributed by atoms with Crippen molar-refractivity contribution in [2.45, 2.75) is 6.92 Å². The van der Waals surface area contributed by atoms with Crippen LogP contribution in [0.3, 0.4) is 0 Å². The second kappa shape index (κ2) is 5.16. The highest BCUT2D eigenvalue weighted by atomic mass is 16.5. The summed E-state index contributed by atoms with van der Waals surface area (Å²) >= 11 is 0. The van der Waals surface area contributed by atoms with Crippen molar-refractivity contribution in [2.24, 2.45) is 0 Å². The molecule has 0 unspecified atom stereocenters. The predicted octanol–water partition coefficient (Wildman–Crippen LogP) is 1.46. The molecule has 0 atom stereocenters. The molecule has 0 radical (unpaired) electrons. The van der Waals surface area contributed by atoms with Gasteiger partial charge in [-0.15, -0.1) is 0 Å². The van der Waals surface area contributed by atoms with Gasteiger partial charge in [0.25, 0.3) is 0 Å². The fourth-order valence-corrected chi connectivity index (χ4v) is 1.37. The van der Waals surface area contributed by atoms with Crippen LogP contribution in [0.15, 0.2) is 18.2 Å². The van der Waals surface area contributed by atoms with Crippen molar-refractivity contribution >= 4 is 23.7 Å². The van der Waals surface area contributed by atoms with Gasteiger partial charge in [-0.05, 0) is 36.3 Å². The van der Waals surface area contributed by atoms with Crippen LogP contribution in [-0.4, -0.2) is 24.2 Å². The van der Waals surface area contributed by atoms with Crippen LogP contribution in [0.1, 0.15) is 21.5 Å². The number of anilines is 1. The monoisotopic (exact) mass is 235 g/mol. The fraction of sp³-hybridized carbons (Fsp3) is 0.167. The molecule has 3 N–H and O–H groups in total. The standard InChI is InChI=1S/C12H13NO4/c1-7-5-8(3-4-10(14)17-2)11(13)9(6-7)12(15)16/h3-6H,13H2,1-2H3,(H,15,16). The second-order valence-corrected chi connectivity index (χ2v) is 3.48. The zero-order valence-electron chi connectivity index (χ0n) is 9.56. The molecular formula is C12H13NO4. The molecule has 0 heterocycles. The van der Waals surface area contributed by atoms with Crippen LogP contribution >= 0.6 is 0 Å². The Kier molecular flexibility index (Phi) is 3.87. The van der Waals surface area contributed by atoms with Crippen molar-refractivity contribution in [1.29, 1.82) is 0 Å². The Hall–Kier alpha value is -2.30. The summed E-state index contributed by atoms with van der Waals surface area (Å²) in [6.45, 7) is 1.75. The molecular weight excluding hydrogens is 222 g/mol. The van der Waals surface area contributed by atoms with E-state index in [0.717, 1.165) is 5.56 Å². The van der Waals surface area contributed by atoms with E-state index in [0.29, 0.717) is 5.56 Å². The number of hydrogen-bond donors (Lipinski definition) is 2. The molecule has 0 amide bonds. The van der Waals surface area contributed by atoms with Crippen molar-refractivity contribution in [3.8, 4) is 0 Å². The smallest absolute Gasteiger partial charge is 0.337 e. The second-order valence-electron chi connectivity index (χ2n) is 3.48. The summed E-state index contributed by atoms with van der Waals surface area (Å²) < 4.78 is 4.44. The largest absolute Gasteiger partial charge is 0.478 e. The number of nitrogens with two attached hydrogens (primary N) is 1. The van der Waals surface area contributed by atoms with Gasteiger partial charge in [-0.3, -0.25) is 0 Å². The van der Waals surface area contributed by atoms with E-state index in [4.69, 9.17) is 10.8 Å². The lowest BCUT2D eigenvalue weighted by molar-refractivity contribution is -0.134. The predicted molar refractivity (Wildman–Crippen MR) is 63.6 cm³/mol. The van der Waals surface area contributed by atoms with Crippen LogP contribution in [-0.2, 0) is 9.53 Å². The number of methoxy groups -OCH3 is 1. The number of hydrogen-bond acceptors (Lipinski definition) is 4. The number of rotatable bonds is 3. The molecule has 0 aliphatic heterocycles. The third-order valence-electron chi connectivity index (χ3n) is 2.19. The first-order chi connectivity index (χ1) is 7.95. The first-order valence-electron chi connectivity index (χ1n) is 4.85. The van der Waals surface area contributed by atoms with E-state index in [1.807, 2.05) is 0 Å². The maximum absolute atomic E-state index is 10.9. The van der Waals surface area contributed by atoms with Crippen LogP contribution in [0, 0.1) is 6.92 Å². The molecule has 5 nitrogen and oxygen atoms in total. The number of carboxylic acid groups (broad SMARTS) is 1. The van der Waals surface area contributed by atoms with E-state index < -0.39 is 11.9 Å². The van der Waals surface area contributed by atoms with Crippen LogP contribution < -0.4 is 5.73 Å². The van der Waals surface area contributed by atoms with Crippen molar-refractivity contribution in [3.63, 3.8) is 0 Å². The Bertz CT molecular complexity index is 492. The number of ether oxygens (including phenoxy) is 1. The Morgan fingerprint density at radius 3 is 2.59 bits per heavy atom. The third-order valence-corrected chi connectivity index (χ3v) is 2.19. The zero-order chi connectivity index (χ0) is 13.0. The van der Waals surface area contributed by atoms with Crippen LogP contribution in [0.2, 0.25) is 0 Å². The molecule has 1 aromatic rings. The van der Waals surface area contributed by atoms with Crippen molar-refractivity contribution in [1.82, 2.24) is 0 Å². The van der Waals surface area contributed by atoms with Gasteiger partial charge >= 0.3 is 11.9 Å².